The first kappa shape index (κ1) is 13.4. The molecule has 0 atom stereocenters. The van der Waals surface area contributed by atoms with E-state index < -0.39 is 25.3 Å². The summed E-state index contributed by atoms with van der Waals surface area (Å²) in [6.45, 7) is 0. The van der Waals surface area contributed by atoms with Crippen molar-refractivity contribution in [3.8, 4) is 0 Å². The van der Waals surface area contributed by atoms with Crippen molar-refractivity contribution in [1.82, 2.24) is 0 Å². The van der Waals surface area contributed by atoms with Crippen molar-refractivity contribution in [2.24, 2.45) is 0 Å². The summed E-state index contributed by atoms with van der Waals surface area (Å²) in [6, 6.07) is 0. The van der Waals surface area contributed by atoms with Crippen LogP contribution in [0.2, 0.25) is 0 Å². The average Bonchev–Trinajstić information content (AvgIpc) is 1.14. The molecule has 0 heterocycles. The normalized spacial score (nSPS) is 12.2. The SMILES string of the molecule is O=S(=O)(O)CS(=O)(=O)O.[NaH]. The van der Waals surface area contributed by atoms with Gasteiger partial charge in [-0.05, 0) is 0 Å². The van der Waals surface area contributed by atoms with Gasteiger partial charge in [-0.1, -0.05) is 0 Å². The third-order valence-electron chi connectivity index (χ3n) is 0.298. The van der Waals surface area contributed by atoms with Gasteiger partial charge < -0.3 is 0 Å². The predicted octanol–water partition coefficient (Wildman–Crippen LogP) is -1.93. The minimum absolute atomic E-state index is 0. The third-order valence-corrected chi connectivity index (χ3v) is 2.68. The maximum absolute atomic E-state index is 9.66. The summed E-state index contributed by atoms with van der Waals surface area (Å²) < 4.78 is 54.2. The first-order valence-electron chi connectivity index (χ1n) is 1.61. The van der Waals surface area contributed by atoms with E-state index in [1.165, 1.54) is 0 Å². The van der Waals surface area contributed by atoms with E-state index in [2.05, 4.69) is 0 Å². The van der Waals surface area contributed by atoms with E-state index in [-0.39, 0.29) is 29.6 Å². The van der Waals surface area contributed by atoms with Gasteiger partial charge in [0.2, 0.25) is 5.08 Å². The molecule has 0 aliphatic rings. The van der Waals surface area contributed by atoms with E-state index in [4.69, 9.17) is 9.11 Å². The van der Waals surface area contributed by atoms with Crippen LogP contribution in [0.15, 0.2) is 0 Å². The zero-order valence-corrected chi connectivity index (χ0v) is 5.68. The van der Waals surface area contributed by atoms with Gasteiger partial charge >= 0.3 is 29.6 Å². The quantitative estimate of drug-likeness (QED) is 0.397. The summed E-state index contributed by atoms with van der Waals surface area (Å²) in [5.74, 6) is 0. The van der Waals surface area contributed by atoms with Crippen molar-refractivity contribution < 1.29 is 25.9 Å². The fraction of sp³-hybridized carbons (Fsp3) is 1.00. The standard InChI is InChI=1S/CH4O6S2.Na.H/c2-8(3,4)1-9(5,6)7;;/h1H2,(H,2,3,4)(H,5,6,7);;. The molecule has 0 aromatic rings. The van der Waals surface area contributed by atoms with Crippen LogP contribution in [-0.4, -0.2) is 60.6 Å². The van der Waals surface area contributed by atoms with Crippen molar-refractivity contribution in [1.29, 1.82) is 0 Å². The molecule has 0 radical (unpaired) electrons. The second-order valence-electron chi connectivity index (χ2n) is 1.28. The Kier molecular flexibility index (Phi) is 5.36. The van der Waals surface area contributed by atoms with Crippen LogP contribution in [0.3, 0.4) is 0 Å². The molecule has 0 aromatic heterocycles. The van der Waals surface area contributed by atoms with Crippen molar-refractivity contribution in [2.75, 3.05) is 5.08 Å². The summed E-state index contributed by atoms with van der Waals surface area (Å²) in [5.41, 5.74) is 0. The molecular formula is CH5NaO6S2. The second kappa shape index (κ2) is 4.00. The topological polar surface area (TPSA) is 109 Å². The molecule has 9 heteroatoms. The zero-order valence-electron chi connectivity index (χ0n) is 4.05. The Morgan fingerprint density at radius 1 is 0.900 bits per heavy atom. The fourth-order valence-corrected chi connectivity index (χ4v) is 1.69. The zero-order chi connectivity index (χ0) is 7.71. The Balaban J connectivity index is 0. The summed E-state index contributed by atoms with van der Waals surface area (Å²) in [6.07, 6.45) is 0. The second-order valence-corrected chi connectivity index (χ2v) is 4.55. The fourth-order valence-electron chi connectivity index (χ4n) is 0.188. The van der Waals surface area contributed by atoms with Gasteiger partial charge in [0, 0.05) is 0 Å². The Labute approximate surface area is 80.4 Å². The van der Waals surface area contributed by atoms with Gasteiger partial charge in [0.1, 0.15) is 0 Å². The van der Waals surface area contributed by atoms with Crippen LogP contribution in [0.25, 0.3) is 0 Å². The van der Waals surface area contributed by atoms with E-state index >= 15 is 0 Å². The molecule has 0 aromatic carbocycles. The molecule has 0 saturated carbocycles. The predicted molar refractivity (Wildman–Crippen MR) is 35.1 cm³/mol. The molecule has 0 amide bonds. The molecule has 2 N–H and O–H groups in total. The molecule has 0 saturated heterocycles. The summed E-state index contributed by atoms with van der Waals surface area (Å²) in [5, 5.41) is -1.65. The van der Waals surface area contributed by atoms with Crippen molar-refractivity contribution >= 4 is 49.8 Å². The molecule has 58 valence electrons. The van der Waals surface area contributed by atoms with Gasteiger partial charge in [-0.2, -0.15) is 16.8 Å². The summed E-state index contributed by atoms with van der Waals surface area (Å²) in [4.78, 5) is 0. The van der Waals surface area contributed by atoms with E-state index in [1.54, 1.807) is 0 Å². The van der Waals surface area contributed by atoms with Gasteiger partial charge in [-0.15, -0.1) is 0 Å². The van der Waals surface area contributed by atoms with Gasteiger partial charge in [-0.3, -0.25) is 9.11 Å². The maximum atomic E-state index is 9.66. The Morgan fingerprint density at radius 3 is 1.10 bits per heavy atom. The molecule has 0 bridgehead atoms. The molecule has 0 fully saturated rings. The minimum atomic E-state index is -4.62. The van der Waals surface area contributed by atoms with E-state index in [9.17, 15) is 16.8 Å². The Bertz CT molecular complexity index is 241. The monoisotopic (exact) mass is 200 g/mol. The molecule has 0 unspecified atom stereocenters. The Hall–Kier alpha value is 0.820. The molecule has 10 heavy (non-hydrogen) atoms. The van der Waals surface area contributed by atoms with E-state index in [0.29, 0.717) is 0 Å². The van der Waals surface area contributed by atoms with Crippen molar-refractivity contribution in [3.05, 3.63) is 0 Å². The van der Waals surface area contributed by atoms with Gasteiger partial charge in [0.05, 0.1) is 0 Å². The summed E-state index contributed by atoms with van der Waals surface area (Å²) in [7, 11) is -9.24. The van der Waals surface area contributed by atoms with E-state index in [0.717, 1.165) is 0 Å². The third kappa shape index (κ3) is 11.6. The first-order valence-corrected chi connectivity index (χ1v) is 4.83. The van der Waals surface area contributed by atoms with Crippen LogP contribution in [0.5, 0.6) is 0 Å². The molecular weight excluding hydrogens is 195 g/mol. The van der Waals surface area contributed by atoms with E-state index in [1.807, 2.05) is 0 Å². The first-order chi connectivity index (χ1) is 3.71. The Morgan fingerprint density at radius 2 is 1.10 bits per heavy atom. The number of hydrogen-bond donors (Lipinski definition) is 2. The van der Waals surface area contributed by atoms with Crippen LogP contribution in [0.1, 0.15) is 0 Å². The number of rotatable bonds is 2. The summed E-state index contributed by atoms with van der Waals surface area (Å²) >= 11 is 0. The van der Waals surface area contributed by atoms with Gasteiger partial charge in [0.25, 0.3) is 20.2 Å². The van der Waals surface area contributed by atoms with Crippen LogP contribution in [0, 0.1) is 0 Å². The molecule has 0 spiro atoms. The van der Waals surface area contributed by atoms with Crippen molar-refractivity contribution in [3.63, 3.8) is 0 Å². The van der Waals surface area contributed by atoms with Crippen LogP contribution in [0.4, 0.5) is 0 Å². The van der Waals surface area contributed by atoms with Gasteiger partial charge in [-0.25, -0.2) is 0 Å². The molecule has 0 aliphatic carbocycles. The average molecular weight is 200 g/mol. The molecule has 0 rings (SSSR count). The van der Waals surface area contributed by atoms with Crippen LogP contribution >= 0.6 is 0 Å². The molecule has 0 aliphatic heterocycles. The van der Waals surface area contributed by atoms with Gasteiger partial charge in [0.15, 0.2) is 0 Å². The van der Waals surface area contributed by atoms with Crippen LogP contribution < -0.4 is 0 Å². The van der Waals surface area contributed by atoms with Crippen molar-refractivity contribution in [2.45, 2.75) is 0 Å². The molecule has 6 nitrogen and oxygen atoms in total. The van der Waals surface area contributed by atoms with Crippen LogP contribution in [-0.2, 0) is 20.2 Å². The number of hydrogen-bond acceptors (Lipinski definition) is 4.